The molecule has 0 fully saturated rings. The molecule has 2 nitrogen and oxygen atoms in total. The molecule has 214 valence electrons. The number of rotatable bonds is 0. The third kappa shape index (κ3) is 2.62. The molecule has 3 aliphatic heterocycles. The molecule has 8 aromatic rings. The highest BCUT2D eigenvalue weighted by Crippen LogP contribution is 2.59. The van der Waals surface area contributed by atoms with Gasteiger partial charge in [0.05, 0.1) is 21.6 Å². The van der Waals surface area contributed by atoms with Crippen LogP contribution in [0.5, 0.6) is 0 Å². The second-order valence-corrected chi connectivity index (χ2v) is 15.8. The van der Waals surface area contributed by atoms with Crippen molar-refractivity contribution >= 4 is 89.1 Å². The zero-order valence-electron chi connectivity index (χ0n) is 25.3. The number of fused-ring (bicyclic) bond motifs is 15. The maximum Gasteiger partial charge on any atom is 0.333 e. The first-order valence-corrected chi connectivity index (χ1v) is 17.7. The molecule has 0 bridgehead atoms. The number of para-hydroxylation sites is 3. The Kier molecular flexibility index (Phi) is 4.25. The fourth-order valence-electron chi connectivity index (χ4n) is 9.42. The van der Waals surface area contributed by atoms with Crippen LogP contribution < -0.4 is 15.8 Å². The number of hydrogen-bond donors (Lipinski definition) is 0. The lowest BCUT2D eigenvalue weighted by Crippen LogP contribution is -2.57. The Morgan fingerprint density at radius 2 is 1.41 bits per heavy atom. The Hall–Kier alpha value is -4.71. The standard InChI is InChI=1S/C41H25BN2S2/c1-41(2)27-15-5-3-11-22(27)26-21-30-36-34(35(26)41)24-13-9-14-25-37(24)44(38-23-12-4-7-18-31(23)46-40(25)38)42(36)28-16-10-20-33-39(28)43(30)29-17-6-8-19-32(29)45-33/h3-21H,1-2H3. The smallest absolute Gasteiger partial charge is 0.333 e. The molecule has 0 atom stereocenters. The summed E-state index contributed by atoms with van der Waals surface area (Å²) in [4.78, 5) is 5.25. The van der Waals surface area contributed by atoms with E-state index in [1.165, 1.54) is 102 Å². The summed E-state index contributed by atoms with van der Waals surface area (Å²) < 4.78 is 5.50. The minimum absolute atomic E-state index is 0.0692. The first-order chi connectivity index (χ1) is 22.6. The molecule has 0 spiro atoms. The zero-order valence-corrected chi connectivity index (χ0v) is 26.9. The Balaban J connectivity index is 1.35. The second kappa shape index (κ2) is 7.98. The molecule has 0 saturated heterocycles. The Bertz CT molecular complexity index is 2730. The van der Waals surface area contributed by atoms with Crippen molar-refractivity contribution in [1.29, 1.82) is 0 Å². The van der Waals surface area contributed by atoms with Gasteiger partial charge in [-0.1, -0.05) is 111 Å². The average Bonchev–Trinajstić information content (AvgIpc) is 3.70. The van der Waals surface area contributed by atoms with Crippen molar-refractivity contribution in [2.75, 3.05) is 4.90 Å². The van der Waals surface area contributed by atoms with Gasteiger partial charge in [0.1, 0.15) is 0 Å². The summed E-state index contributed by atoms with van der Waals surface area (Å²) in [5, 5.41) is 2.73. The van der Waals surface area contributed by atoms with Gasteiger partial charge in [0.2, 0.25) is 0 Å². The molecule has 2 aromatic heterocycles. The number of benzene rings is 6. The Morgan fingerprint density at radius 3 is 2.37 bits per heavy atom. The first kappa shape index (κ1) is 24.5. The largest absolute Gasteiger partial charge is 0.374 e. The van der Waals surface area contributed by atoms with Crippen molar-refractivity contribution < 1.29 is 0 Å². The van der Waals surface area contributed by atoms with Crippen LogP contribution >= 0.6 is 23.1 Å². The van der Waals surface area contributed by atoms with Crippen molar-refractivity contribution in [3.63, 3.8) is 0 Å². The van der Waals surface area contributed by atoms with E-state index in [4.69, 9.17) is 0 Å². The maximum atomic E-state index is 2.74. The van der Waals surface area contributed by atoms with Gasteiger partial charge >= 0.3 is 6.85 Å². The maximum absolute atomic E-state index is 2.74. The molecule has 5 heteroatoms. The summed E-state index contributed by atoms with van der Waals surface area (Å²) >= 11 is 3.86. The highest BCUT2D eigenvalue weighted by molar-refractivity contribution is 7.99. The van der Waals surface area contributed by atoms with Crippen LogP contribution in [0.4, 0.5) is 17.1 Å². The fourth-order valence-corrected chi connectivity index (χ4v) is 11.7. The summed E-state index contributed by atoms with van der Waals surface area (Å²) in [6.07, 6.45) is 0. The number of nitrogens with zero attached hydrogens (tertiary/aromatic N) is 2. The van der Waals surface area contributed by atoms with Crippen LogP contribution in [-0.2, 0) is 5.41 Å². The van der Waals surface area contributed by atoms with E-state index < -0.39 is 0 Å². The normalized spacial score (nSPS) is 15.6. The first-order valence-electron chi connectivity index (χ1n) is 16.1. The zero-order chi connectivity index (χ0) is 30.1. The number of hydrogen-bond acceptors (Lipinski definition) is 3. The minimum atomic E-state index is -0.125. The Labute approximate surface area is 275 Å². The predicted octanol–water partition coefficient (Wildman–Crippen LogP) is 10.2. The van der Waals surface area contributed by atoms with Gasteiger partial charge in [-0.15, -0.1) is 11.3 Å². The molecule has 0 amide bonds. The molecule has 0 unspecified atom stereocenters. The number of aromatic nitrogens is 1. The average molecular weight is 621 g/mol. The molecular weight excluding hydrogens is 595 g/mol. The summed E-state index contributed by atoms with van der Waals surface area (Å²) in [6, 6.07) is 43.7. The van der Waals surface area contributed by atoms with Gasteiger partial charge in [-0.05, 0) is 69.1 Å². The second-order valence-electron chi connectivity index (χ2n) is 13.6. The molecule has 12 rings (SSSR count). The SMILES string of the molecule is CC1(C)c2ccccc2-c2cc3c4c(c21)-c1cccc2c5sc6ccccc6c5n(c12)B4c1cccc2c1N3c1ccccc1S2. The van der Waals surface area contributed by atoms with E-state index in [0.717, 1.165) is 0 Å². The third-order valence-electron chi connectivity index (χ3n) is 11.1. The van der Waals surface area contributed by atoms with Gasteiger partial charge in [-0.2, -0.15) is 0 Å². The molecule has 0 N–H and O–H groups in total. The van der Waals surface area contributed by atoms with E-state index in [1.807, 2.05) is 23.1 Å². The van der Waals surface area contributed by atoms with E-state index in [2.05, 4.69) is 138 Å². The van der Waals surface area contributed by atoms with Gasteiger partial charge in [0.15, 0.2) is 0 Å². The fraction of sp³-hybridized carbons (Fsp3) is 0.0732. The molecule has 5 heterocycles. The molecule has 6 aromatic carbocycles. The van der Waals surface area contributed by atoms with Crippen molar-refractivity contribution in [2.24, 2.45) is 0 Å². The van der Waals surface area contributed by atoms with E-state index >= 15 is 0 Å². The Morgan fingerprint density at radius 1 is 0.652 bits per heavy atom. The lowest BCUT2D eigenvalue weighted by molar-refractivity contribution is 0.662. The molecule has 4 aliphatic rings. The summed E-state index contributed by atoms with van der Waals surface area (Å²) in [6.45, 7) is 4.95. The van der Waals surface area contributed by atoms with Crippen LogP contribution in [0.1, 0.15) is 25.0 Å². The van der Waals surface area contributed by atoms with Gasteiger partial charge in [0, 0.05) is 47.4 Å². The quantitative estimate of drug-likeness (QED) is 0.156. The monoisotopic (exact) mass is 620 g/mol. The molecule has 0 radical (unpaired) electrons. The van der Waals surface area contributed by atoms with Crippen molar-refractivity contribution in [2.45, 2.75) is 29.1 Å². The highest BCUT2D eigenvalue weighted by Gasteiger charge is 2.49. The van der Waals surface area contributed by atoms with E-state index in [1.54, 1.807) is 0 Å². The van der Waals surface area contributed by atoms with Crippen molar-refractivity contribution in [1.82, 2.24) is 4.48 Å². The third-order valence-corrected chi connectivity index (χ3v) is 13.4. The van der Waals surface area contributed by atoms with Crippen LogP contribution in [0, 0.1) is 0 Å². The highest BCUT2D eigenvalue weighted by atomic mass is 32.2. The van der Waals surface area contributed by atoms with Gasteiger partial charge in [0.25, 0.3) is 0 Å². The summed E-state index contributed by atoms with van der Waals surface area (Å²) in [5.74, 6) is 0. The lowest BCUT2D eigenvalue weighted by atomic mass is 9.44. The molecule has 1 aliphatic carbocycles. The summed E-state index contributed by atoms with van der Waals surface area (Å²) in [7, 11) is 0. The van der Waals surface area contributed by atoms with Crippen molar-refractivity contribution in [3.8, 4) is 22.3 Å². The van der Waals surface area contributed by atoms with E-state index in [0.29, 0.717) is 0 Å². The van der Waals surface area contributed by atoms with Crippen LogP contribution in [-0.4, -0.2) is 11.3 Å². The number of thiophene rings is 1. The number of anilines is 3. The van der Waals surface area contributed by atoms with Crippen molar-refractivity contribution in [3.05, 3.63) is 126 Å². The topological polar surface area (TPSA) is 8.17 Å². The van der Waals surface area contributed by atoms with Crippen LogP contribution in [0.2, 0.25) is 0 Å². The van der Waals surface area contributed by atoms with Gasteiger partial charge in [-0.3, -0.25) is 0 Å². The molecule has 0 saturated carbocycles. The molecular formula is C41H25BN2S2. The molecule has 46 heavy (non-hydrogen) atoms. The van der Waals surface area contributed by atoms with E-state index in [9.17, 15) is 0 Å². The predicted molar refractivity (Wildman–Crippen MR) is 197 cm³/mol. The van der Waals surface area contributed by atoms with Crippen LogP contribution in [0.15, 0.2) is 125 Å². The van der Waals surface area contributed by atoms with Gasteiger partial charge in [-0.25, -0.2) is 0 Å². The van der Waals surface area contributed by atoms with Gasteiger partial charge < -0.3 is 9.38 Å². The van der Waals surface area contributed by atoms with Crippen LogP contribution in [0.3, 0.4) is 0 Å². The van der Waals surface area contributed by atoms with E-state index in [-0.39, 0.29) is 12.3 Å². The summed E-state index contributed by atoms with van der Waals surface area (Å²) in [5.41, 5.74) is 17.9. The minimum Gasteiger partial charge on any atom is -0.374 e. The van der Waals surface area contributed by atoms with Crippen LogP contribution in [0.25, 0.3) is 53.5 Å². The lowest BCUT2D eigenvalue weighted by Gasteiger charge is -2.44.